The van der Waals surface area contributed by atoms with E-state index in [4.69, 9.17) is 0 Å². The maximum atomic E-state index is 2.75. The van der Waals surface area contributed by atoms with Gasteiger partial charge in [0.1, 0.15) is 0 Å². The van der Waals surface area contributed by atoms with Gasteiger partial charge in [0.05, 0.1) is 11.4 Å². The monoisotopic (exact) mass is 1580 g/mol. The Bertz CT molecular complexity index is 6220. The molecule has 0 saturated heterocycles. The molecule has 18 aromatic carbocycles. The van der Waals surface area contributed by atoms with Gasteiger partial charge in [-0.05, 0) is 160 Å². The van der Waals surface area contributed by atoms with E-state index in [1.54, 1.807) is 0 Å². The molecule has 0 saturated carbocycles. The lowest BCUT2D eigenvalue weighted by molar-refractivity contribution is 0.590. The Morgan fingerprint density at radius 2 is 0.438 bits per heavy atom. The Morgan fingerprint density at radius 3 is 0.736 bits per heavy atom. The fraction of sp³-hybridized carbons (Fsp3) is 0.0690. The van der Waals surface area contributed by atoms with E-state index >= 15 is 0 Å². The molecule has 2 aliphatic heterocycles. The summed E-state index contributed by atoms with van der Waals surface area (Å²) < 4.78 is 0. The van der Waals surface area contributed by atoms with Crippen LogP contribution in [-0.4, -0.2) is 22.9 Å². The molecule has 0 amide bonds. The van der Waals surface area contributed by atoms with Gasteiger partial charge in [-0.15, -0.1) is 0 Å². The third-order valence-electron chi connectivity index (χ3n) is 25.4. The van der Waals surface area contributed by atoms with Crippen LogP contribution >= 0.6 is 0 Å². The van der Waals surface area contributed by atoms with Gasteiger partial charge in [-0.1, -0.05) is 472 Å². The average molecular weight is 1580 g/mol. The molecular weight excluding hydrogens is 1490 g/mol. The first-order chi connectivity index (χ1) is 59.3. The Labute approximate surface area is 715 Å². The van der Waals surface area contributed by atoms with Gasteiger partial charge in [0.15, 0.2) is 16.1 Å². The summed E-state index contributed by atoms with van der Waals surface area (Å²) in [4.78, 5) is 5.49. The summed E-state index contributed by atoms with van der Waals surface area (Å²) in [7, 11) is -7.22. The summed E-state index contributed by atoms with van der Waals surface area (Å²) in [5, 5.41) is 10.3. The van der Waals surface area contributed by atoms with Gasteiger partial charge < -0.3 is 9.80 Å². The quantitative estimate of drug-likeness (QED) is 0.0662. The van der Waals surface area contributed by atoms with Crippen LogP contribution in [0.3, 0.4) is 0 Å². The molecule has 20 rings (SSSR count). The zero-order chi connectivity index (χ0) is 81.8. The summed E-state index contributed by atoms with van der Waals surface area (Å²) >= 11 is 0. The van der Waals surface area contributed by atoms with Crippen molar-refractivity contribution >= 4 is 115 Å². The smallest absolute Gasteiger partial charge is 0.252 e. The summed E-state index contributed by atoms with van der Waals surface area (Å²) in [6, 6.07) is 175. The van der Waals surface area contributed by atoms with E-state index in [-0.39, 0.29) is 17.5 Å². The maximum absolute atomic E-state index is 3.61. The van der Waals surface area contributed by atoms with Gasteiger partial charge in [0.25, 0.3) is 6.71 Å². The lowest BCUT2D eigenvalue weighted by atomic mass is 9.33. The largest absolute Gasteiger partial charge is 0.310 e. The van der Waals surface area contributed by atoms with E-state index in [2.05, 4.69) is 506 Å². The topological polar surface area (TPSA) is 6.48 Å². The number of benzene rings is 18. The van der Waals surface area contributed by atoms with Crippen molar-refractivity contribution in [3.63, 3.8) is 0 Å². The molecule has 0 unspecified atom stereocenters. The molecular formula is C116H93BN2Si2. The van der Waals surface area contributed by atoms with E-state index in [1.807, 2.05) is 0 Å². The van der Waals surface area contributed by atoms with Gasteiger partial charge in [0.2, 0.25) is 0 Å². The molecule has 2 heterocycles. The van der Waals surface area contributed by atoms with Crippen LogP contribution in [0.15, 0.2) is 455 Å². The molecule has 0 radical (unpaired) electrons. The fourth-order valence-corrected chi connectivity index (χ4v) is 29.5. The van der Waals surface area contributed by atoms with Crippen LogP contribution in [0.2, 0.25) is 0 Å². The standard InChI is InChI=1S/C116H93BN2Si2/c1-115(2,3)92-69-71-106-108(79-92)118(113-102(84-45-21-9-22-46-84)65-39-66-103(113)85-47-23-10-24-48-85)110-77-91(78-111-112(110)117(106)107-72-70-93(116(4,5)6)80-109(107)119(111)114-104(86-49-25-11-26-50-86)67-40-68-105(114)87-51-27-12-28-52-87)90-75-100(120(94-55-29-13-30-56-94,95-57-31-14-32-58-95)98-63-37-53-88(73-98)82-41-17-7-18-42-82)81-101(76-90)121(96-59-33-15-34-60-96,97-61-35-16-36-62-97)99-64-38-54-89(74-99)83-43-19-8-20-44-83/h7-81H,1-6H3. The van der Waals surface area contributed by atoms with Crippen molar-refractivity contribution in [2.24, 2.45) is 0 Å². The third kappa shape index (κ3) is 13.5. The number of anilines is 6. The molecule has 0 spiro atoms. The van der Waals surface area contributed by atoms with Crippen LogP contribution in [0, 0.1) is 0 Å². The molecule has 0 aliphatic carbocycles. The van der Waals surface area contributed by atoms with Crippen molar-refractivity contribution in [2.45, 2.75) is 52.4 Å². The number of hydrogen-bond donors (Lipinski definition) is 0. The van der Waals surface area contributed by atoms with Crippen LogP contribution in [0.4, 0.5) is 34.1 Å². The molecule has 0 aromatic heterocycles. The van der Waals surface area contributed by atoms with Crippen LogP contribution < -0.4 is 67.7 Å². The molecule has 578 valence electrons. The number of para-hydroxylation sites is 2. The van der Waals surface area contributed by atoms with Crippen LogP contribution in [0.5, 0.6) is 0 Å². The van der Waals surface area contributed by atoms with Gasteiger partial charge in [0, 0.05) is 45.0 Å². The Hall–Kier alpha value is -13.9. The molecule has 0 atom stereocenters. The van der Waals surface area contributed by atoms with Crippen molar-refractivity contribution in [2.75, 3.05) is 9.80 Å². The Morgan fingerprint density at radius 1 is 0.190 bits per heavy atom. The van der Waals surface area contributed by atoms with Crippen LogP contribution in [0.25, 0.3) is 77.9 Å². The molecule has 0 bridgehead atoms. The van der Waals surface area contributed by atoms with Gasteiger partial charge in [-0.3, -0.25) is 0 Å². The minimum Gasteiger partial charge on any atom is -0.310 e. The third-order valence-corrected chi connectivity index (χ3v) is 34.9. The highest BCUT2D eigenvalue weighted by Gasteiger charge is 2.49. The summed E-state index contributed by atoms with van der Waals surface area (Å²) in [5.41, 5.74) is 28.6. The summed E-state index contributed by atoms with van der Waals surface area (Å²) in [5.74, 6) is 0. The van der Waals surface area contributed by atoms with Crippen molar-refractivity contribution in [3.05, 3.63) is 466 Å². The second-order valence-corrected chi connectivity index (χ2v) is 42.2. The zero-order valence-electron chi connectivity index (χ0n) is 69.3. The molecule has 5 heteroatoms. The predicted molar refractivity (Wildman–Crippen MR) is 523 cm³/mol. The van der Waals surface area contributed by atoms with Gasteiger partial charge in [-0.25, -0.2) is 0 Å². The number of hydrogen-bond acceptors (Lipinski definition) is 2. The SMILES string of the molecule is CC(C)(C)c1ccc2c(c1)N(c1c(-c3ccccc3)cccc1-c1ccccc1)c1cc(-c3cc([Si](c4ccccc4)(c4ccccc4)c4cccc(-c5ccccc5)c4)cc([Si](c4ccccc4)(c4ccccc4)c4cccc(-c5ccccc5)c4)c3)cc3c1B2c1ccc(C(C)(C)C)cc1N3c1c(-c2ccccc2)cccc1-c1ccccc1. The highest BCUT2D eigenvalue weighted by Crippen LogP contribution is 2.54. The first-order valence-electron chi connectivity index (χ1n) is 42.6. The highest BCUT2D eigenvalue weighted by atomic mass is 28.3. The van der Waals surface area contributed by atoms with E-state index in [0.29, 0.717) is 0 Å². The molecule has 2 nitrogen and oxygen atoms in total. The predicted octanol–water partition coefficient (Wildman–Crippen LogP) is 22.8. The van der Waals surface area contributed by atoms with Crippen LogP contribution in [0.1, 0.15) is 52.7 Å². The van der Waals surface area contributed by atoms with Crippen molar-refractivity contribution in [1.82, 2.24) is 0 Å². The summed E-state index contributed by atoms with van der Waals surface area (Å²) in [6.45, 7) is 14.0. The van der Waals surface area contributed by atoms with Gasteiger partial charge in [-0.2, -0.15) is 0 Å². The van der Waals surface area contributed by atoms with Crippen molar-refractivity contribution in [3.8, 4) is 77.9 Å². The minimum atomic E-state index is -3.61. The van der Waals surface area contributed by atoms with Gasteiger partial charge >= 0.3 is 0 Å². The molecule has 18 aromatic rings. The molecule has 2 aliphatic rings. The van der Waals surface area contributed by atoms with E-state index in [9.17, 15) is 0 Å². The second-order valence-electron chi connectivity index (χ2n) is 34.6. The fourth-order valence-electron chi connectivity index (χ4n) is 19.6. The molecule has 0 fully saturated rings. The van der Waals surface area contributed by atoms with E-state index in [0.717, 1.165) is 89.8 Å². The van der Waals surface area contributed by atoms with E-state index in [1.165, 1.54) is 91.3 Å². The van der Waals surface area contributed by atoms with Crippen molar-refractivity contribution < 1.29 is 0 Å². The summed E-state index contributed by atoms with van der Waals surface area (Å²) in [6.07, 6.45) is 0. The minimum absolute atomic E-state index is 0.229. The Balaban J connectivity index is 1.02. The van der Waals surface area contributed by atoms with Crippen molar-refractivity contribution in [1.29, 1.82) is 0 Å². The first kappa shape index (κ1) is 75.8. The average Bonchev–Trinajstić information content (AvgIpc) is 0.686. The zero-order valence-corrected chi connectivity index (χ0v) is 71.3. The normalized spacial score (nSPS) is 12.5. The van der Waals surface area contributed by atoms with Crippen LogP contribution in [-0.2, 0) is 10.8 Å². The highest BCUT2D eigenvalue weighted by molar-refractivity contribution is 7.22. The number of rotatable bonds is 17. The molecule has 121 heavy (non-hydrogen) atoms. The maximum Gasteiger partial charge on any atom is 0.252 e. The number of nitrogens with zero attached hydrogens (tertiary/aromatic N) is 2. The van der Waals surface area contributed by atoms with E-state index < -0.39 is 16.1 Å². The first-order valence-corrected chi connectivity index (χ1v) is 46.6. The lowest BCUT2D eigenvalue weighted by Gasteiger charge is -2.46. The number of fused-ring (bicyclic) bond motifs is 4. The Kier molecular flexibility index (Phi) is 19.7. The lowest BCUT2D eigenvalue weighted by Crippen LogP contribution is -2.78. The second kappa shape index (κ2) is 31.4. The molecule has 0 N–H and O–H groups in total.